The molecule has 3 heterocycles. The fourth-order valence-electron chi connectivity index (χ4n) is 3.44. The van der Waals surface area contributed by atoms with Gasteiger partial charge >= 0.3 is 0 Å². The molecule has 1 N–H and O–H groups in total. The van der Waals surface area contributed by atoms with Gasteiger partial charge in [-0.3, -0.25) is 4.90 Å². The Kier molecular flexibility index (Phi) is 2.26. The fraction of sp³-hybridized carbons (Fsp3) is 1.00. The minimum Gasteiger partial charge on any atom is -0.378 e. The van der Waals surface area contributed by atoms with Crippen molar-refractivity contribution in [3.8, 4) is 0 Å². The molecule has 0 saturated carbocycles. The lowest BCUT2D eigenvalue weighted by atomic mass is 9.95. The number of hydrogen-bond donors (Lipinski definition) is 1. The second-order valence-corrected chi connectivity index (χ2v) is 4.98. The molecule has 1 unspecified atom stereocenters. The maximum atomic E-state index is 5.31. The lowest BCUT2D eigenvalue weighted by Gasteiger charge is -2.46. The summed E-state index contributed by atoms with van der Waals surface area (Å²) in [6, 6.07) is 3.22. The van der Waals surface area contributed by atoms with E-state index in [1.807, 2.05) is 0 Å². The normalized spacial score (nSPS) is 43.9. The number of ether oxygens (including phenoxy) is 1. The number of fused-ring (bicyclic) bond motifs is 2. The van der Waals surface area contributed by atoms with Crippen LogP contribution in [0.1, 0.15) is 25.7 Å². The number of piperidine rings is 1. The van der Waals surface area contributed by atoms with Crippen molar-refractivity contribution in [1.82, 2.24) is 10.2 Å². The van der Waals surface area contributed by atoms with E-state index in [4.69, 9.17) is 4.74 Å². The molecule has 3 fully saturated rings. The van der Waals surface area contributed by atoms with E-state index in [0.717, 1.165) is 37.4 Å². The summed E-state index contributed by atoms with van der Waals surface area (Å²) in [6.07, 6.45) is 5.53. The van der Waals surface area contributed by atoms with Gasteiger partial charge in [-0.05, 0) is 32.7 Å². The van der Waals surface area contributed by atoms with Crippen molar-refractivity contribution in [2.75, 3.05) is 20.3 Å². The standard InChI is InChI=1S/C11H20N2O/c1-12-8-4-9-2-3-10(5-8)13(9)11-6-14-7-11/h8-12H,2-7H2,1H3/t8?,9-,10+. The van der Waals surface area contributed by atoms with Gasteiger partial charge < -0.3 is 10.1 Å². The quantitative estimate of drug-likeness (QED) is 0.700. The molecule has 3 nitrogen and oxygen atoms in total. The number of nitrogens with zero attached hydrogens (tertiary/aromatic N) is 1. The molecule has 3 heteroatoms. The predicted molar refractivity (Wildman–Crippen MR) is 55.3 cm³/mol. The van der Waals surface area contributed by atoms with E-state index < -0.39 is 0 Å². The van der Waals surface area contributed by atoms with Crippen LogP contribution in [0.25, 0.3) is 0 Å². The van der Waals surface area contributed by atoms with E-state index in [9.17, 15) is 0 Å². The highest BCUT2D eigenvalue weighted by Gasteiger charge is 2.45. The van der Waals surface area contributed by atoms with Gasteiger partial charge in [0.05, 0.1) is 19.3 Å². The lowest BCUT2D eigenvalue weighted by Crippen LogP contribution is -2.58. The van der Waals surface area contributed by atoms with Crippen molar-refractivity contribution in [2.24, 2.45) is 0 Å². The molecule has 0 amide bonds. The summed E-state index contributed by atoms with van der Waals surface area (Å²) in [5, 5.41) is 3.44. The maximum Gasteiger partial charge on any atom is 0.0645 e. The molecule has 0 aromatic rings. The highest BCUT2D eigenvalue weighted by atomic mass is 16.5. The summed E-state index contributed by atoms with van der Waals surface area (Å²) >= 11 is 0. The molecule has 0 aromatic carbocycles. The molecule has 0 spiro atoms. The fourth-order valence-corrected chi connectivity index (χ4v) is 3.44. The van der Waals surface area contributed by atoms with Gasteiger partial charge in [0.2, 0.25) is 0 Å². The van der Waals surface area contributed by atoms with Crippen LogP contribution in [-0.4, -0.2) is 49.3 Å². The van der Waals surface area contributed by atoms with Crippen molar-refractivity contribution in [3.05, 3.63) is 0 Å². The third-order valence-electron chi connectivity index (χ3n) is 4.24. The van der Waals surface area contributed by atoms with Crippen molar-refractivity contribution in [2.45, 2.75) is 49.9 Å². The maximum absolute atomic E-state index is 5.31. The van der Waals surface area contributed by atoms with Crippen molar-refractivity contribution < 1.29 is 4.74 Å². The predicted octanol–water partition coefficient (Wildman–Crippen LogP) is 0.600. The summed E-state index contributed by atoms with van der Waals surface area (Å²) in [6.45, 7) is 1.97. The van der Waals surface area contributed by atoms with Crippen molar-refractivity contribution >= 4 is 0 Å². The Labute approximate surface area is 85.8 Å². The molecular formula is C11H20N2O. The van der Waals surface area contributed by atoms with Gasteiger partial charge in [-0.2, -0.15) is 0 Å². The molecule has 14 heavy (non-hydrogen) atoms. The van der Waals surface area contributed by atoms with Crippen LogP contribution >= 0.6 is 0 Å². The summed E-state index contributed by atoms with van der Waals surface area (Å²) in [7, 11) is 2.10. The smallest absolute Gasteiger partial charge is 0.0645 e. The molecule has 2 bridgehead atoms. The van der Waals surface area contributed by atoms with Gasteiger partial charge in [-0.25, -0.2) is 0 Å². The van der Waals surface area contributed by atoms with Crippen molar-refractivity contribution in [3.63, 3.8) is 0 Å². The van der Waals surface area contributed by atoms with Gasteiger partial charge in [0, 0.05) is 18.1 Å². The Morgan fingerprint density at radius 1 is 1.07 bits per heavy atom. The molecule has 80 valence electrons. The van der Waals surface area contributed by atoms with E-state index in [1.165, 1.54) is 25.7 Å². The highest BCUT2D eigenvalue weighted by molar-refractivity contribution is 5.00. The first-order chi connectivity index (χ1) is 6.88. The molecule has 3 saturated heterocycles. The molecular weight excluding hydrogens is 176 g/mol. The van der Waals surface area contributed by atoms with Crippen LogP contribution in [0.3, 0.4) is 0 Å². The molecule has 3 aliphatic rings. The van der Waals surface area contributed by atoms with Crippen LogP contribution in [-0.2, 0) is 4.74 Å². The first-order valence-corrected chi connectivity index (χ1v) is 5.91. The summed E-state index contributed by atoms with van der Waals surface area (Å²) in [4.78, 5) is 2.76. The third kappa shape index (κ3) is 1.30. The number of rotatable bonds is 2. The monoisotopic (exact) mass is 196 g/mol. The summed E-state index contributed by atoms with van der Waals surface area (Å²) in [5.74, 6) is 0. The zero-order valence-corrected chi connectivity index (χ0v) is 8.91. The zero-order valence-electron chi connectivity index (χ0n) is 8.91. The van der Waals surface area contributed by atoms with Crippen LogP contribution in [0.2, 0.25) is 0 Å². The SMILES string of the molecule is CNC1C[C@H]2CC[C@@H](C1)N2C1COC1. The first-order valence-electron chi connectivity index (χ1n) is 5.91. The Hall–Kier alpha value is -0.120. The van der Waals surface area contributed by atoms with E-state index in [2.05, 4.69) is 17.3 Å². The second-order valence-electron chi connectivity index (χ2n) is 4.98. The van der Waals surface area contributed by atoms with Crippen LogP contribution in [0.15, 0.2) is 0 Å². The zero-order chi connectivity index (χ0) is 9.54. The van der Waals surface area contributed by atoms with E-state index in [1.54, 1.807) is 0 Å². The van der Waals surface area contributed by atoms with Gasteiger partial charge in [0.25, 0.3) is 0 Å². The van der Waals surface area contributed by atoms with Crippen LogP contribution in [0, 0.1) is 0 Å². The first kappa shape index (κ1) is 9.13. The van der Waals surface area contributed by atoms with Gasteiger partial charge in [0.15, 0.2) is 0 Å². The highest BCUT2D eigenvalue weighted by Crippen LogP contribution is 2.38. The summed E-state index contributed by atoms with van der Waals surface area (Å²) < 4.78 is 5.31. The van der Waals surface area contributed by atoms with E-state index >= 15 is 0 Å². The Balaban J connectivity index is 1.70. The molecule has 0 aliphatic carbocycles. The van der Waals surface area contributed by atoms with Crippen LogP contribution in [0.5, 0.6) is 0 Å². The Morgan fingerprint density at radius 3 is 2.14 bits per heavy atom. The molecule has 0 aromatic heterocycles. The number of hydrogen-bond acceptors (Lipinski definition) is 3. The average Bonchev–Trinajstić information content (AvgIpc) is 2.38. The largest absolute Gasteiger partial charge is 0.378 e. The lowest BCUT2D eigenvalue weighted by molar-refractivity contribution is -0.0934. The third-order valence-corrected chi connectivity index (χ3v) is 4.24. The minimum absolute atomic E-state index is 0.755. The van der Waals surface area contributed by atoms with E-state index in [-0.39, 0.29) is 0 Å². The number of nitrogens with one attached hydrogen (secondary N) is 1. The molecule has 3 atom stereocenters. The van der Waals surface area contributed by atoms with Gasteiger partial charge in [-0.1, -0.05) is 0 Å². The second kappa shape index (κ2) is 3.47. The van der Waals surface area contributed by atoms with Crippen molar-refractivity contribution in [1.29, 1.82) is 0 Å². The minimum atomic E-state index is 0.755. The Bertz CT molecular complexity index is 203. The topological polar surface area (TPSA) is 24.5 Å². The molecule has 3 rings (SSSR count). The molecule has 0 radical (unpaired) electrons. The Morgan fingerprint density at radius 2 is 1.71 bits per heavy atom. The molecule has 3 aliphatic heterocycles. The van der Waals surface area contributed by atoms with E-state index in [0.29, 0.717) is 0 Å². The van der Waals surface area contributed by atoms with Gasteiger partial charge in [-0.15, -0.1) is 0 Å². The summed E-state index contributed by atoms with van der Waals surface area (Å²) in [5.41, 5.74) is 0. The van der Waals surface area contributed by atoms with Gasteiger partial charge in [0.1, 0.15) is 0 Å². The average molecular weight is 196 g/mol. The van der Waals surface area contributed by atoms with Crippen LogP contribution in [0.4, 0.5) is 0 Å². The van der Waals surface area contributed by atoms with Crippen LogP contribution < -0.4 is 5.32 Å².